The first-order valence-electron chi connectivity index (χ1n) is 10.6. The van der Waals surface area contributed by atoms with Crippen LogP contribution in [-0.2, 0) is 6.42 Å². The van der Waals surface area contributed by atoms with Crippen molar-refractivity contribution in [1.29, 1.82) is 0 Å². The quantitative estimate of drug-likeness (QED) is 0.499. The summed E-state index contributed by atoms with van der Waals surface area (Å²) in [6, 6.07) is 11.7. The number of hydrogen-bond acceptors (Lipinski definition) is 5. The molecule has 31 heavy (non-hydrogen) atoms. The summed E-state index contributed by atoms with van der Waals surface area (Å²) in [7, 11) is 3.11. The van der Waals surface area contributed by atoms with E-state index in [2.05, 4.69) is 27.0 Å². The van der Waals surface area contributed by atoms with E-state index >= 15 is 0 Å². The van der Waals surface area contributed by atoms with Gasteiger partial charge in [-0.25, -0.2) is 4.98 Å². The van der Waals surface area contributed by atoms with Gasteiger partial charge in [0, 0.05) is 47.3 Å². The summed E-state index contributed by atoms with van der Waals surface area (Å²) in [5.74, 6) is 1.56. The summed E-state index contributed by atoms with van der Waals surface area (Å²) in [5.41, 5.74) is 3.48. The highest BCUT2D eigenvalue weighted by Crippen LogP contribution is 2.29. The fraction of sp³-hybridized carbons (Fsp3) is 0.333. The highest BCUT2D eigenvalue weighted by atomic mass is 16.5. The minimum atomic E-state index is -0.236. The largest absolute Gasteiger partial charge is 0.497 e. The van der Waals surface area contributed by atoms with Gasteiger partial charge in [-0.1, -0.05) is 0 Å². The number of benzene rings is 2. The van der Waals surface area contributed by atoms with Crippen molar-refractivity contribution in [3.05, 3.63) is 52.4 Å². The number of fused-ring (bicyclic) bond motifs is 2. The Bertz CT molecular complexity index is 1300. The molecule has 2 aromatic carbocycles. The van der Waals surface area contributed by atoms with E-state index in [-0.39, 0.29) is 5.56 Å². The van der Waals surface area contributed by atoms with Crippen LogP contribution in [0, 0.1) is 0 Å². The van der Waals surface area contributed by atoms with Crippen LogP contribution >= 0.6 is 0 Å². The number of aromatic amines is 2. The molecular weight excluding hydrogens is 392 g/mol. The lowest BCUT2D eigenvalue weighted by Crippen LogP contribution is -2.21. The van der Waals surface area contributed by atoms with E-state index in [1.807, 2.05) is 12.1 Å². The Kier molecular flexibility index (Phi) is 5.11. The summed E-state index contributed by atoms with van der Waals surface area (Å²) in [6.07, 6.45) is 3.63. The van der Waals surface area contributed by atoms with Crippen LogP contribution in [0.25, 0.3) is 33.2 Å². The number of aromatic nitrogens is 3. The molecule has 160 valence electrons. The van der Waals surface area contributed by atoms with Crippen molar-refractivity contribution in [2.24, 2.45) is 0 Å². The van der Waals surface area contributed by atoms with Gasteiger partial charge in [0.15, 0.2) is 0 Å². The number of H-pyrrole nitrogens is 2. The van der Waals surface area contributed by atoms with E-state index in [4.69, 9.17) is 14.5 Å². The summed E-state index contributed by atoms with van der Waals surface area (Å²) in [4.78, 5) is 26.4. The Morgan fingerprint density at radius 1 is 1.03 bits per heavy atom. The Balaban J connectivity index is 1.50. The van der Waals surface area contributed by atoms with Gasteiger partial charge in [-0.3, -0.25) is 4.79 Å². The van der Waals surface area contributed by atoms with Gasteiger partial charge in [-0.05, 0) is 50.2 Å². The van der Waals surface area contributed by atoms with Crippen LogP contribution in [0.4, 0.5) is 0 Å². The zero-order chi connectivity index (χ0) is 21.4. The molecule has 0 bridgehead atoms. The van der Waals surface area contributed by atoms with Crippen molar-refractivity contribution < 1.29 is 9.47 Å². The second-order valence-corrected chi connectivity index (χ2v) is 8.03. The lowest BCUT2D eigenvalue weighted by molar-refractivity contribution is 0.342. The Labute approximate surface area is 180 Å². The predicted octanol–water partition coefficient (Wildman–Crippen LogP) is 3.73. The molecule has 1 aliphatic heterocycles. The van der Waals surface area contributed by atoms with Crippen LogP contribution in [-0.4, -0.2) is 53.7 Å². The molecule has 2 N–H and O–H groups in total. The third kappa shape index (κ3) is 3.77. The van der Waals surface area contributed by atoms with Crippen LogP contribution in [0.1, 0.15) is 18.5 Å². The Morgan fingerprint density at radius 2 is 1.87 bits per heavy atom. The maximum absolute atomic E-state index is 12.8. The van der Waals surface area contributed by atoms with Crippen LogP contribution in [0.15, 0.2) is 41.2 Å². The maximum atomic E-state index is 12.8. The number of rotatable bonds is 6. The van der Waals surface area contributed by atoms with Crippen molar-refractivity contribution in [3.63, 3.8) is 0 Å². The van der Waals surface area contributed by atoms with Crippen LogP contribution in [0.3, 0.4) is 0 Å². The second kappa shape index (κ2) is 8.07. The number of nitrogens with one attached hydrogen (secondary N) is 2. The minimum Gasteiger partial charge on any atom is -0.497 e. The lowest BCUT2D eigenvalue weighted by Gasteiger charge is -2.13. The third-order valence-corrected chi connectivity index (χ3v) is 6.05. The van der Waals surface area contributed by atoms with Gasteiger partial charge in [-0.2, -0.15) is 0 Å². The van der Waals surface area contributed by atoms with E-state index in [0.717, 1.165) is 29.4 Å². The normalized spacial score (nSPS) is 14.5. The molecular formula is C24H26N4O3. The molecule has 0 spiro atoms. The van der Waals surface area contributed by atoms with Crippen molar-refractivity contribution >= 4 is 21.8 Å². The fourth-order valence-electron chi connectivity index (χ4n) is 4.39. The zero-order valence-corrected chi connectivity index (χ0v) is 17.8. The minimum absolute atomic E-state index is 0.236. The Morgan fingerprint density at radius 3 is 2.65 bits per heavy atom. The SMILES string of the molecule is COc1cc(OC)c2c(=O)[nH]c(-c3ccc4[nH]c(CCN5CCCC5)cc4c3)nc2c1. The molecule has 2 aromatic heterocycles. The van der Waals surface area contributed by atoms with Crippen molar-refractivity contribution in [3.8, 4) is 22.9 Å². The zero-order valence-electron chi connectivity index (χ0n) is 17.8. The topological polar surface area (TPSA) is 83.2 Å². The monoisotopic (exact) mass is 418 g/mol. The van der Waals surface area contributed by atoms with Crippen molar-refractivity contribution in [1.82, 2.24) is 19.9 Å². The Hall–Kier alpha value is -3.32. The van der Waals surface area contributed by atoms with E-state index in [9.17, 15) is 4.79 Å². The molecule has 0 saturated carbocycles. The standard InChI is InChI=1S/C24H26N4O3/c1-30-18-13-20-22(21(14-18)31-2)24(29)27-23(26-20)15-5-6-19-16(11-15)12-17(25-19)7-10-28-8-3-4-9-28/h5-6,11-14,25H,3-4,7-10H2,1-2H3,(H,26,27,29). The summed E-state index contributed by atoms with van der Waals surface area (Å²) < 4.78 is 10.7. The summed E-state index contributed by atoms with van der Waals surface area (Å²) in [6.45, 7) is 3.50. The molecule has 4 aromatic rings. The van der Waals surface area contributed by atoms with E-state index in [1.165, 1.54) is 38.7 Å². The molecule has 0 aliphatic carbocycles. The average molecular weight is 418 g/mol. The average Bonchev–Trinajstić information content (AvgIpc) is 3.45. The van der Waals surface area contributed by atoms with E-state index in [1.54, 1.807) is 19.2 Å². The molecule has 7 nitrogen and oxygen atoms in total. The van der Waals surface area contributed by atoms with Gasteiger partial charge >= 0.3 is 0 Å². The lowest BCUT2D eigenvalue weighted by atomic mass is 10.1. The van der Waals surface area contributed by atoms with Gasteiger partial charge in [0.25, 0.3) is 5.56 Å². The van der Waals surface area contributed by atoms with Gasteiger partial charge < -0.3 is 24.3 Å². The summed E-state index contributed by atoms with van der Waals surface area (Å²) in [5, 5.41) is 1.53. The van der Waals surface area contributed by atoms with Gasteiger partial charge in [0.1, 0.15) is 22.7 Å². The highest BCUT2D eigenvalue weighted by molar-refractivity contribution is 5.89. The van der Waals surface area contributed by atoms with E-state index in [0.29, 0.717) is 28.2 Å². The molecule has 0 unspecified atom stereocenters. The summed E-state index contributed by atoms with van der Waals surface area (Å²) >= 11 is 0. The number of likely N-dealkylation sites (tertiary alicyclic amines) is 1. The van der Waals surface area contributed by atoms with Crippen molar-refractivity contribution in [2.45, 2.75) is 19.3 Å². The first kappa shape index (κ1) is 19.6. The molecule has 1 aliphatic rings. The van der Waals surface area contributed by atoms with Gasteiger partial charge in [0.2, 0.25) is 0 Å². The second-order valence-electron chi connectivity index (χ2n) is 8.03. The first-order valence-corrected chi connectivity index (χ1v) is 10.6. The molecule has 7 heteroatoms. The molecule has 0 radical (unpaired) electrons. The molecule has 1 fully saturated rings. The molecule has 0 amide bonds. The van der Waals surface area contributed by atoms with Crippen molar-refractivity contribution in [2.75, 3.05) is 33.9 Å². The molecule has 1 saturated heterocycles. The highest BCUT2D eigenvalue weighted by Gasteiger charge is 2.14. The first-order chi connectivity index (χ1) is 15.1. The van der Waals surface area contributed by atoms with Gasteiger partial charge in [-0.15, -0.1) is 0 Å². The molecule has 0 atom stereocenters. The van der Waals surface area contributed by atoms with Gasteiger partial charge in [0.05, 0.1) is 19.7 Å². The molecule has 3 heterocycles. The van der Waals surface area contributed by atoms with Crippen LogP contribution in [0.2, 0.25) is 0 Å². The third-order valence-electron chi connectivity index (χ3n) is 6.05. The number of methoxy groups -OCH3 is 2. The number of ether oxygens (including phenoxy) is 2. The van der Waals surface area contributed by atoms with Crippen LogP contribution in [0.5, 0.6) is 11.5 Å². The van der Waals surface area contributed by atoms with Crippen LogP contribution < -0.4 is 15.0 Å². The smallest absolute Gasteiger partial charge is 0.262 e. The fourth-order valence-corrected chi connectivity index (χ4v) is 4.39. The number of hydrogen-bond donors (Lipinski definition) is 2. The number of nitrogens with zero attached hydrogens (tertiary/aromatic N) is 2. The van der Waals surface area contributed by atoms with E-state index < -0.39 is 0 Å². The molecule has 5 rings (SSSR count). The maximum Gasteiger partial charge on any atom is 0.262 e. The predicted molar refractivity (Wildman–Crippen MR) is 122 cm³/mol.